The minimum atomic E-state index is -0.424. The average molecular weight is 308 g/mol. The second kappa shape index (κ2) is 6.46. The summed E-state index contributed by atoms with van der Waals surface area (Å²) < 4.78 is 19.2. The monoisotopic (exact) mass is 307 g/mol. The minimum absolute atomic E-state index is 0.0909. The van der Waals surface area contributed by atoms with Gasteiger partial charge in [-0.05, 0) is 61.7 Å². The molecule has 4 heteroatoms. The number of aryl methyl sites for hydroxylation is 1. The Labute approximate surface area is 129 Å². The van der Waals surface area contributed by atoms with Crippen LogP contribution in [0.1, 0.15) is 36.6 Å². The Morgan fingerprint density at radius 1 is 1.19 bits per heavy atom. The Hall–Kier alpha value is -1.58. The molecule has 0 fully saturated rings. The van der Waals surface area contributed by atoms with Crippen molar-refractivity contribution in [2.45, 2.75) is 32.9 Å². The molecule has 0 saturated heterocycles. The third kappa shape index (κ3) is 3.74. The number of nitrogens with two attached hydrogens (primary N) is 1. The van der Waals surface area contributed by atoms with Gasteiger partial charge in [0.1, 0.15) is 11.6 Å². The Morgan fingerprint density at radius 3 is 2.57 bits per heavy atom. The molecule has 112 valence electrons. The van der Waals surface area contributed by atoms with Crippen molar-refractivity contribution in [3.63, 3.8) is 0 Å². The molecule has 0 saturated carbocycles. The first-order valence-corrected chi connectivity index (χ1v) is 7.24. The molecule has 0 radical (unpaired) electrons. The molecule has 2 nitrogen and oxygen atoms in total. The molecule has 0 aliphatic carbocycles. The van der Waals surface area contributed by atoms with Crippen LogP contribution in [0.4, 0.5) is 4.39 Å². The summed E-state index contributed by atoms with van der Waals surface area (Å²) in [7, 11) is 0. The van der Waals surface area contributed by atoms with Gasteiger partial charge >= 0.3 is 0 Å². The van der Waals surface area contributed by atoms with E-state index in [1.165, 1.54) is 6.07 Å². The summed E-state index contributed by atoms with van der Waals surface area (Å²) in [5.74, 6) is 0.431. The van der Waals surface area contributed by atoms with Crippen molar-refractivity contribution < 1.29 is 9.13 Å². The molecule has 21 heavy (non-hydrogen) atoms. The zero-order valence-corrected chi connectivity index (χ0v) is 13.1. The highest BCUT2D eigenvalue weighted by Gasteiger charge is 2.15. The number of ether oxygens (including phenoxy) is 1. The van der Waals surface area contributed by atoms with E-state index in [1.54, 1.807) is 13.0 Å². The molecule has 0 amide bonds. The molecule has 2 aromatic carbocycles. The molecule has 0 heterocycles. The van der Waals surface area contributed by atoms with Crippen LogP contribution in [-0.4, -0.2) is 6.10 Å². The summed E-state index contributed by atoms with van der Waals surface area (Å²) in [5.41, 5.74) is 8.38. The molecule has 1 unspecified atom stereocenters. The largest absolute Gasteiger partial charge is 0.491 e. The number of hydrogen-bond acceptors (Lipinski definition) is 2. The van der Waals surface area contributed by atoms with Crippen LogP contribution in [0.15, 0.2) is 36.4 Å². The van der Waals surface area contributed by atoms with Crippen LogP contribution >= 0.6 is 11.6 Å². The van der Waals surface area contributed by atoms with Crippen LogP contribution < -0.4 is 10.5 Å². The molecule has 2 rings (SSSR count). The van der Waals surface area contributed by atoms with E-state index >= 15 is 0 Å². The first-order valence-electron chi connectivity index (χ1n) is 6.86. The van der Waals surface area contributed by atoms with Gasteiger partial charge in [0.15, 0.2) is 0 Å². The van der Waals surface area contributed by atoms with Crippen LogP contribution in [-0.2, 0) is 0 Å². The third-order valence-corrected chi connectivity index (χ3v) is 3.53. The number of halogens is 2. The van der Waals surface area contributed by atoms with E-state index in [-0.39, 0.29) is 11.9 Å². The van der Waals surface area contributed by atoms with E-state index in [4.69, 9.17) is 22.1 Å². The highest BCUT2D eigenvalue weighted by molar-refractivity contribution is 6.31. The first-order chi connectivity index (χ1) is 9.88. The maximum absolute atomic E-state index is 13.5. The lowest BCUT2D eigenvalue weighted by Crippen LogP contribution is -2.13. The van der Waals surface area contributed by atoms with Gasteiger partial charge < -0.3 is 10.5 Å². The van der Waals surface area contributed by atoms with Crippen LogP contribution in [0.25, 0.3) is 0 Å². The van der Waals surface area contributed by atoms with Gasteiger partial charge in [-0.25, -0.2) is 4.39 Å². The minimum Gasteiger partial charge on any atom is -0.491 e. The van der Waals surface area contributed by atoms with Gasteiger partial charge in [0.25, 0.3) is 0 Å². The molecule has 2 aromatic rings. The van der Waals surface area contributed by atoms with Crippen molar-refractivity contribution in [1.29, 1.82) is 0 Å². The van der Waals surface area contributed by atoms with E-state index in [2.05, 4.69) is 0 Å². The highest BCUT2D eigenvalue weighted by Crippen LogP contribution is 2.30. The van der Waals surface area contributed by atoms with E-state index in [0.717, 1.165) is 11.3 Å². The normalized spacial score (nSPS) is 12.5. The van der Waals surface area contributed by atoms with Crippen LogP contribution in [0.2, 0.25) is 5.02 Å². The van der Waals surface area contributed by atoms with Crippen molar-refractivity contribution in [3.8, 4) is 5.75 Å². The van der Waals surface area contributed by atoms with E-state index < -0.39 is 6.04 Å². The maximum Gasteiger partial charge on any atom is 0.127 e. The van der Waals surface area contributed by atoms with Crippen molar-refractivity contribution in [2.24, 2.45) is 5.73 Å². The van der Waals surface area contributed by atoms with Gasteiger partial charge in [-0.15, -0.1) is 0 Å². The summed E-state index contributed by atoms with van der Waals surface area (Å²) >= 11 is 6.12. The van der Waals surface area contributed by atoms with Gasteiger partial charge in [0, 0.05) is 5.02 Å². The first kappa shape index (κ1) is 15.8. The predicted molar refractivity (Wildman–Crippen MR) is 84.4 cm³/mol. The van der Waals surface area contributed by atoms with Crippen molar-refractivity contribution in [2.75, 3.05) is 0 Å². The van der Waals surface area contributed by atoms with Crippen molar-refractivity contribution in [3.05, 3.63) is 63.9 Å². The van der Waals surface area contributed by atoms with Crippen LogP contribution in [0, 0.1) is 12.7 Å². The summed E-state index contributed by atoms with van der Waals surface area (Å²) in [5, 5.41) is 0.334. The zero-order chi connectivity index (χ0) is 15.6. The summed E-state index contributed by atoms with van der Waals surface area (Å²) in [6, 6.07) is 10.1. The summed E-state index contributed by atoms with van der Waals surface area (Å²) in [4.78, 5) is 0. The molecule has 2 N–H and O–H groups in total. The molecule has 1 atom stereocenters. The molecule has 0 aliphatic rings. The summed E-state index contributed by atoms with van der Waals surface area (Å²) in [6.07, 6.45) is 0.0909. The van der Waals surface area contributed by atoms with Crippen molar-refractivity contribution >= 4 is 11.6 Å². The predicted octanol–water partition coefficient (Wildman–Crippen LogP) is 4.62. The SMILES string of the molecule is Cc1cc(C(N)c2cccc(OC(C)C)c2)c(Cl)cc1F. The number of benzene rings is 2. The van der Waals surface area contributed by atoms with Gasteiger partial charge in [-0.3, -0.25) is 0 Å². The quantitative estimate of drug-likeness (QED) is 0.894. The zero-order valence-electron chi connectivity index (χ0n) is 12.4. The fourth-order valence-corrected chi connectivity index (χ4v) is 2.42. The molecular weight excluding hydrogens is 289 g/mol. The van der Waals surface area contributed by atoms with Crippen molar-refractivity contribution in [1.82, 2.24) is 0 Å². The van der Waals surface area contributed by atoms with Crippen LogP contribution in [0.5, 0.6) is 5.75 Å². The fourth-order valence-electron chi connectivity index (χ4n) is 2.15. The second-order valence-electron chi connectivity index (χ2n) is 5.34. The second-order valence-corrected chi connectivity index (χ2v) is 5.75. The van der Waals surface area contributed by atoms with E-state index in [9.17, 15) is 4.39 Å². The van der Waals surface area contributed by atoms with E-state index in [1.807, 2.05) is 38.1 Å². The highest BCUT2D eigenvalue weighted by atomic mass is 35.5. The number of hydrogen-bond donors (Lipinski definition) is 1. The average Bonchev–Trinajstić information content (AvgIpc) is 2.41. The lowest BCUT2D eigenvalue weighted by molar-refractivity contribution is 0.242. The fraction of sp³-hybridized carbons (Fsp3) is 0.294. The maximum atomic E-state index is 13.5. The standard InChI is InChI=1S/C17H19ClFNO/c1-10(2)21-13-6-4-5-12(8-13)17(20)14-7-11(3)16(19)9-15(14)18/h4-10,17H,20H2,1-3H3. The smallest absolute Gasteiger partial charge is 0.127 e. The lowest BCUT2D eigenvalue weighted by atomic mass is 9.97. The van der Waals surface area contributed by atoms with E-state index in [0.29, 0.717) is 16.1 Å². The Bertz CT molecular complexity index is 643. The Balaban J connectivity index is 2.36. The van der Waals surface area contributed by atoms with Crippen LogP contribution in [0.3, 0.4) is 0 Å². The third-order valence-electron chi connectivity index (χ3n) is 3.20. The molecule has 0 aromatic heterocycles. The van der Waals surface area contributed by atoms with Gasteiger partial charge in [-0.2, -0.15) is 0 Å². The molecule has 0 aliphatic heterocycles. The molecule has 0 bridgehead atoms. The van der Waals surface area contributed by atoms with Gasteiger partial charge in [-0.1, -0.05) is 23.7 Å². The Kier molecular flexibility index (Phi) is 4.86. The Morgan fingerprint density at radius 2 is 1.90 bits per heavy atom. The summed E-state index contributed by atoms with van der Waals surface area (Å²) in [6.45, 7) is 5.62. The molecular formula is C17H19ClFNO. The van der Waals surface area contributed by atoms with Gasteiger partial charge in [0.05, 0.1) is 12.1 Å². The van der Waals surface area contributed by atoms with Gasteiger partial charge in [0.2, 0.25) is 0 Å². The number of rotatable bonds is 4. The molecule has 0 spiro atoms. The lowest BCUT2D eigenvalue weighted by Gasteiger charge is -2.17. The topological polar surface area (TPSA) is 35.2 Å².